The van der Waals surface area contributed by atoms with Crippen LogP contribution in [-0.2, 0) is 12.8 Å². The molecule has 2 aromatic rings. The maximum Gasteiger partial charge on any atom is 0.159 e. The topological polar surface area (TPSA) is 26.0 Å². The molecule has 1 nitrogen and oxygen atoms in total. The van der Waals surface area contributed by atoms with Crippen LogP contribution in [0, 0.1) is 11.6 Å². The predicted octanol–water partition coefficient (Wildman–Crippen LogP) is 3.84. The lowest BCUT2D eigenvalue weighted by Crippen LogP contribution is -2.25. The van der Waals surface area contributed by atoms with E-state index in [1.54, 1.807) is 6.07 Å². The Bertz CT molecular complexity index is 572. The Labute approximate surface area is 119 Å². The lowest BCUT2D eigenvalue weighted by molar-refractivity contribution is 0.506. The molecular weight excluding hydrogens is 312 g/mol. The number of benzene rings is 2. The number of rotatable bonds is 4. The molecule has 0 bridgehead atoms. The Hall–Kier alpha value is -1.26. The minimum atomic E-state index is -0.829. The summed E-state index contributed by atoms with van der Waals surface area (Å²) in [5, 5.41) is 0. The maximum atomic E-state index is 13.1. The van der Waals surface area contributed by atoms with Crippen LogP contribution in [-0.4, -0.2) is 6.04 Å². The van der Waals surface area contributed by atoms with Gasteiger partial charge in [0, 0.05) is 10.5 Å². The number of hydrogen-bond acceptors (Lipinski definition) is 1. The minimum absolute atomic E-state index is 0.126. The Morgan fingerprint density at radius 3 is 2.26 bits per heavy atom. The Morgan fingerprint density at radius 1 is 0.947 bits per heavy atom. The van der Waals surface area contributed by atoms with E-state index in [0.29, 0.717) is 18.4 Å². The summed E-state index contributed by atoms with van der Waals surface area (Å²) in [5.74, 6) is -1.66. The summed E-state index contributed by atoms with van der Waals surface area (Å²) >= 11 is 3.40. The van der Waals surface area contributed by atoms with Crippen molar-refractivity contribution in [3.63, 3.8) is 0 Å². The highest BCUT2D eigenvalue weighted by atomic mass is 79.9. The number of hydrogen-bond donors (Lipinski definition) is 1. The standard InChI is InChI=1S/C15H14BrF2N/c16-12-3-1-2-10(6-12)7-13(19)8-11-4-5-14(17)15(18)9-11/h1-6,9,13H,7-8,19H2. The molecule has 0 aliphatic carbocycles. The molecule has 0 aliphatic rings. The van der Waals surface area contributed by atoms with Gasteiger partial charge in [-0.2, -0.15) is 0 Å². The summed E-state index contributed by atoms with van der Waals surface area (Å²) in [6.07, 6.45) is 1.21. The monoisotopic (exact) mass is 325 g/mol. The van der Waals surface area contributed by atoms with Crippen molar-refractivity contribution >= 4 is 15.9 Å². The van der Waals surface area contributed by atoms with Crippen LogP contribution in [0.25, 0.3) is 0 Å². The molecule has 2 aromatic carbocycles. The molecule has 0 fully saturated rings. The lowest BCUT2D eigenvalue weighted by Gasteiger charge is -2.12. The summed E-state index contributed by atoms with van der Waals surface area (Å²) in [7, 11) is 0. The zero-order valence-corrected chi connectivity index (χ0v) is 11.8. The zero-order chi connectivity index (χ0) is 13.8. The van der Waals surface area contributed by atoms with Crippen molar-refractivity contribution in [1.82, 2.24) is 0 Å². The molecule has 0 aromatic heterocycles. The fraction of sp³-hybridized carbons (Fsp3) is 0.200. The van der Waals surface area contributed by atoms with Crippen LogP contribution in [0.4, 0.5) is 8.78 Å². The Balaban J connectivity index is 2.01. The Morgan fingerprint density at radius 2 is 1.63 bits per heavy atom. The molecule has 0 saturated heterocycles. The average Bonchev–Trinajstić information content (AvgIpc) is 2.34. The third kappa shape index (κ3) is 4.11. The van der Waals surface area contributed by atoms with Crippen molar-refractivity contribution in [2.24, 2.45) is 5.73 Å². The van der Waals surface area contributed by atoms with Crippen LogP contribution >= 0.6 is 15.9 Å². The van der Waals surface area contributed by atoms with Crippen LogP contribution in [0.15, 0.2) is 46.9 Å². The van der Waals surface area contributed by atoms with E-state index in [9.17, 15) is 8.78 Å². The molecule has 1 atom stereocenters. The van der Waals surface area contributed by atoms with Gasteiger partial charge in [0.25, 0.3) is 0 Å². The predicted molar refractivity (Wildman–Crippen MR) is 75.9 cm³/mol. The molecule has 2 rings (SSSR count). The van der Waals surface area contributed by atoms with Gasteiger partial charge in [-0.25, -0.2) is 8.78 Å². The second-order valence-corrected chi connectivity index (χ2v) is 5.46. The average molecular weight is 326 g/mol. The van der Waals surface area contributed by atoms with Crippen molar-refractivity contribution in [3.8, 4) is 0 Å². The van der Waals surface area contributed by atoms with E-state index in [2.05, 4.69) is 15.9 Å². The van der Waals surface area contributed by atoms with Gasteiger partial charge in [-0.3, -0.25) is 0 Å². The van der Waals surface area contributed by atoms with Gasteiger partial charge in [0.05, 0.1) is 0 Å². The minimum Gasteiger partial charge on any atom is -0.327 e. The van der Waals surface area contributed by atoms with Gasteiger partial charge in [0.2, 0.25) is 0 Å². The highest BCUT2D eigenvalue weighted by molar-refractivity contribution is 9.10. The van der Waals surface area contributed by atoms with Gasteiger partial charge < -0.3 is 5.73 Å². The zero-order valence-electron chi connectivity index (χ0n) is 10.2. The van der Waals surface area contributed by atoms with Crippen LogP contribution in [0.1, 0.15) is 11.1 Å². The molecule has 2 N–H and O–H groups in total. The van der Waals surface area contributed by atoms with Gasteiger partial charge in [-0.1, -0.05) is 34.1 Å². The van der Waals surface area contributed by atoms with E-state index in [0.717, 1.165) is 16.1 Å². The van der Waals surface area contributed by atoms with Crippen LogP contribution in [0.5, 0.6) is 0 Å². The second kappa shape index (κ2) is 6.26. The van der Waals surface area contributed by atoms with Gasteiger partial charge in [-0.15, -0.1) is 0 Å². The third-order valence-electron chi connectivity index (χ3n) is 2.87. The normalized spacial score (nSPS) is 12.4. The maximum absolute atomic E-state index is 13.1. The fourth-order valence-electron chi connectivity index (χ4n) is 2.01. The molecule has 0 amide bonds. The number of halogens is 3. The second-order valence-electron chi connectivity index (χ2n) is 4.55. The summed E-state index contributed by atoms with van der Waals surface area (Å²) in [6, 6.07) is 11.7. The highest BCUT2D eigenvalue weighted by Crippen LogP contribution is 2.15. The summed E-state index contributed by atoms with van der Waals surface area (Å²) in [4.78, 5) is 0. The van der Waals surface area contributed by atoms with Crippen LogP contribution in [0.3, 0.4) is 0 Å². The molecule has 100 valence electrons. The van der Waals surface area contributed by atoms with Crippen LogP contribution < -0.4 is 5.73 Å². The molecule has 4 heteroatoms. The first kappa shape index (κ1) is 14.2. The first-order chi connectivity index (χ1) is 9.04. The van der Waals surface area contributed by atoms with E-state index in [1.165, 1.54) is 6.07 Å². The van der Waals surface area contributed by atoms with Gasteiger partial charge >= 0.3 is 0 Å². The summed E-state index contributed by atoms with van der Waals surface area (Å²) in [5.41, 5.74) is 7.87. The van der Waals surface area contributed by atoms with E-state index in [4.69, 9.17) is 5.73 Å². The van der Waals surface area contributed by atoms with Crippen LogP contribution in [0.2, 0.25) is 0 Å². The fourth-order valence-corrected chi connectivity index (χ4v) is 2.45. The van der Waals surface area contributed by atoms with Crippen molar-refractivity contribution < 1.29 is 8.78 Å². The molecule has 19 heavy (non-hydrogen) atoms. The quantitative estimate of drug-likeness (QED) is 0.908. The van der Waals surface area contributed by atoms with Crippen molar-refractivity contribution in [1.29, 1.82) is 0 Å². The van der Waals surface area contributed by atoms with Gasteiger partial charge in [0.1, 0.15) is 0 Å². The van der Waals surface area contributed by atoms with E-state index in [1.807, 2.05) is 24.3 Å². The number of nitrogens with two attached hydrogens (primary N) is 1. The van der Waals surface area contributed by atoms with E-state index in [-0.39, 0.29) is 6.04 Å². The molecule has 1 unspecified atom stereocenters. The summed E-state index contributed by atoms with van der Waals surface area (Å²) in [6.45, 7) is 0. The molecule has 0 heterocycles. The van der Waals surface area contributed by atoms with Gasteiger partial charge in [0.15, 0.2) is 11.6 Å². The SMILES string of the molecule is NC(Cc1cccc(Br)c1)Cc1ccc(F)c(F)c1. The van der Waals surface area contributed by atoms with E-state index < -0.39 is 11.6 Å². The summed E-state index contributed by atoms with van der Waals surface area (Å²) < 4.78 is 26.9. The lowest BCUT2D eigenvalue weighted by atomic mass is 10.00. The molecule has 0 aliphatic heterocycles. The smallest absolute Gasteiger partial charge is 0.159 e. The van der Waals surface area contributed by atoms with Crippen molar-refractivity contribution in [2.75, 3.05) is 0 Å². The van der Waals surface area contributed by atoms with Crippen molar-refractivity contribution in [2.45, 2.75) is 18.9 Å². The first-order valence-corrected chi connectivity index (χ1v) is 6.78. The van der Waals surface area contributed by atoms with E-state index >= 15 is 0 Å². The molecular formula is C15H14BrF2N. The third-order valence-corrected chi connectivity index (χ3v) is 3.36. The largest absolute Gasteiger partial charge is 0.327 e. The molecule has 0 radical (unpaired) electrons. The molecule has 0 spiro atoms. The highest BCUT2D eigenvalue weighted by Gasteiger charge is 2.08. The molecule has 0 saturated carbocycles. The van der Waals surface area contributed by atoms with Gasteiger partial charge in [-0.05, 0) is 48.2 Å². The first-order valence-electron chi connectivity index (χ1n) is 5.98. The van der Waals surface area contributed by atoms with Crippen molar-refractivity contribution in [3.05, 3.63) is 69.7 Å². The Kier molecular flexibility index (Phi) is 4.66.